The Kier molecular flexibility index (Phi) is 4.16. The van der Waals surface area contributed by atoms with Crippen LogP contribution in [0.25, 0.3) is 6.08 Å². The molecule has 0 bridgehead atoms. The average Bonchev–Trinajstić information content (AvgIpc) is 2.57. The fourth-order valence-electron chi connectivity index (χ4n) is 1.73. The molecule has 18 heavy (non-hydrogen) atoms. The molecule has 1 heterocycles. The van der Waals surface area contributed by atoms with Crippen molar-refractivity contribution >= 4 is 40.3 Å². The maximum atomic E-state index is 12.1. The highest BCUT2D eigenvalue weighted by molar-refractivity contribution is 8.26. The Morgan fingerprint density at radius 3 is 2.94 bits per heavy atom. The summed E-state index contributed by atoms with van der Waals surface area (Å²) in [5.74, 6) is -0.0445. The number of amides is 1. The Bertz CT molecular complexity index is 525. The van der Waals surface area contributed by atoms with E-state index in [1.165, 1.54) is 17.3 Å². The molecule has 0 saturated carbocycles. The third-order valence-corrected chi connectivity index (χ3v) is 3.94. The first-order valence-corrected chi connectivity index (χ1v) is 6.86. The number of carbonyl (C=O) groups is 1. The van der Waals surface area contributed by atoms with E-state index in [0.717, 1.165) is 5.56 Å². The fourth-order valence-corrected chi connectivity index (χ4v) is 3.04. The molecule has 0 radical (unpaired) electrons. The molecule has 1 amide bonds. The van der Waals surface area contributed by atoms with E-state index in [0.29, 0.717) is 22.3 Å². The summed E-state index contributed by atoms with van der Waals surface area (Å²) in [5, 5.41) is 0. The van der Waals surface area contributed by atoms with Gasteiger partial charge in [0.05, 0.1) is 4.91 Å². The summed E-state index contributed by atoms with van der Waals surface area (Å²) in [6.07, 6.45) is 1.88. The lowest BCUT2D eigenvalue weighted by Gasteiger charge is -2.11. The summed E-state index contributed by atoms with van der Waals surface area (Å²) in [7, 11) is 0. The van der Waals surface area contributed by atoms with Gasteiger partial charge >= 0.3 is 0 Å². The second-order valence-corrected chi connectivity index (χ2v) is 5.71. The van der Waals surface area contributed by atoms with E-state index in [-0.39, 0.29) is 5.91 Å². The molecule has 1 saturated heterocycles. The second kappa shape index (κ2) is 5.65. The normalized spacial score (nSPS) is 17.9. The zero-order valence-electron chi connectivity index (χ0n) is 10.1. The van der Waals surface area contributed by atoms with Crippen LogP contribution in [0.3, 0.4) is 0 Å². The lowest BCUT2D eigenvalue weighted by Crippen LogP contribution is -2.32. The van der Waals surface area contributed by atoms with Crippen LogP contribution in [0.15, 0.2) is 29.2 Å². The van der Waals surface area contributed by atoms with Gasteiger partial charge in [0.2, 0.25) is 0 Å². The number of nitrogens with two attached hydrogens (primary N) is 1. The van der Waals surface area contributed by atoms with E-state index in [1.54, 1.807) is 4.90 Å². The molecule has 1 aromatic carbocycles. The van der Waals surface area contributed by atoms with Crippen LogP contribution in [0, 0.1) is 6.92 Å². The zero-order valence-corrected chi connectivity index (χ0v) is 11.7. The summed E-state index contributed by atoms with van der Waals surface area (Å²) in [5.41, 5.74) is 7.65. The van der Waals surface area contributed by atoms with Crippen molar-refractivity contribution in [1.29, 1.82) is 0 Å². The average molecular weight is 278 g/mol. The number of rotatable bonds is 3. The molecule has 94 valence electrons. The van der Waals surface area contributed by atoms with E-state index < -0.39 is 0 Å². The monoisotopic (exact) mass is 278 g/mol. The minimum Gasteiger partial charge on any atom is -0.329 e. The molecule has 5 heteroatoms. The van der Waals surface area contributed by atoms with Gasteiger partial charge in [0.1, 0.15) is 4.32 Å². The third-order valence-electron chi connectivity index (χ3n) is 2.57. The van der Waals surface area contributed by atoms with Crippen LogP contribution in [-0.2, 0) is 4.79 Å². The van der Waals surface area contributed by atoms with Gasteiger partial charge in [0, 0.05) is 13.1 Å². The first-order valence-electron chi connectivity index (χ1n) is 5.64. The van der Waals surface area contributed by atoms with E-state index in [1.807, 2.05) is 37.3 Å². The summed E-state index contributed by atoms with van der Waals surface area (Å²) < 4.78 is 0.587. The first kappa shape index (κ1) is 13.3. The largest absolute Gasteiger partial charge is 0.329 e. The van der Waals surface area contributed by atoms with Crippen LogP contribution in [0.4, 0.5) is 0 Å². The molecule has 1 aliphatic heterocycles. The number of benzene rings is 1. The molecule has 2 N–H and O–H groups in total. The number of carbonyl (C=O) groups excluding carboxylic acids is 1. The SMILES string of the molecule is Cc1cccc(/C=C2/SC(=S)N(CCN)C2=O)c1. The van der Waals surface area contributed by atoms with Crippen molar-refractivity contribution in [2.75, 3.05) is 13.1 Å². The fraction of sp³-hybridized carbons (Fsp3) is 0.231. The minimum absolute atomic E-state index is 0.0445. The summed E-state index contributed by atoms with van der Waals surface area (Å²) in [4.78, 5) is 14.3. The van der Waals surface area contributed by atoms with E-state index in [4.69, 9.17) is 18.0 Å². The molecule has 1 aliphatic rings. The molecule has 2 rings (SSSR count). The lowest BCUT2D eigenvalue weighted by molar-refractivity contribution is -0.122. The van der Waals surface area contributed by atoms with Gasteiger partial charge in [-0.3, -0.25) is 9.69 Å². The van der Waals surface area contributed by atoms with Crippen molar-refractivity contribution in [1.82, 2.24) is 4.90 Å². The number of nitrogens with zero attached hydrogens (tertiary/aromatic N) is 1. The molecule has 0 aromatic heterocycles. The maximum absolute atomic E-state index is 12.1. The number of hydrogen-bond donors (Lipinski definition) is 1. The third kappa shape index (κ3) is 2.80. The first-order chi connectivity index (χ1) is 8.61. The smallest absolute Gasteiger partial charge is 0.266 e. The summed E-state index contributed by atoms with van der Waals surface area (Å²) in [6.45, 7) is 2.93. The van der Waals surface area contributed by atoms with Gasteiger partial charge in [-0.25, -0.2) is 0 Å². The van der Waals surface area contributed by atoms with E-state index in [2.05, 4.69) is 0 Å². The van der Waals surface area contributed by atoms with Gasteiger partial charge < -0.3 is 5.73 Å². The van der Waals surface area contributed by atoms with Gasteiger partial charge in [-0.2, -0.15) is 0 Å². The number of thiocarbonyl (C=S) groups is 1. The summed E-state index contributed by atoms with van der Waals surface area (Å²) >= 11 is 6.51. The van der Waals surface area contributed by atoms with Crippen LogP contribution in [-0.4, -0.2) is 28.2 Å². The molecule has 0 unspecified atom stereocenters. The zero-order chi connectivity index (χ0) is 13.1. The van der Waals surface area contributed by atoms with Gasteiger partial charge in [-0.15, -0.1) is 0 Å². The van der Waals surface area contributed by atoms with Gasteiger partial charge in [0.15, 0.2) is 0 Å². The Morgan fingerprint density at radius 2 is 2.28 bits per heavy atom. The quantitative estimate of drug-likeness (QED) is 0.680. The minimum atomic E-state index is -0.0445. The van der Waals surface area contributed by atoms with Crippen molar-refractivity contribution in [2.45, 2.75) is 6.92 Å². The number of aryl methyl sites for hydroxylation is 1. The molecule has 0 atom stereocenters. The Labute approximate surface area is 116 Å². The van der Waals surface area contributed by atoms with E-state index >= 15 is 0 Å². The lowest BCUT2D eigenvalue weighted by atomic mass is 10.1. The van der Waals surface area contributed by atoms with Crippen molar-refractivity contribution < 1.29 is 4.79 Å². The molecule has 1 fully saturated rings. The molecule has 0 spiro atoms. The van der Waals surface area contributed by atoms with Crippen LogP contribution in [0.1, 0.15) is 11.1 Å². The Balaban J connectivity index is 2.25. The highest BCUT2D eigenvalue weighted by atomic mass is 32.2. The standard InChI is InChI=1S/C13H14N2OS2/c1-9-3-2-4-10(7-9)8-11-12(16)15(6-5-14)13(17)18-11/h2-4,7-8H,5-6,14H2,1H3/b11-8+. The molecule has 0 aliphatic carbocycles. The Hall–Kier alpha value is -1.17. The van der Waals surface area contributed by atoms with Crippen molar-refractivity contribution in [3.63, 3.8) is 0 Å². The van der Waals surface area contributed by atoms with Gasteiger partial charge in [-0.1, -0.05) is 53.8 Å². The predicted octanol–water partition coefficient (Wildman–Crippen LogP) is 2.15. The topological polar surface area (TPSA) is 46.3 Å². The second-order valence-electron chi connectivity index (χ2n) is 4.04. The van der Waals surface area contributed by atoms with Gasteiger partial charge in [0.25, 0.3) is 5.91 Å². The van der Waals surface area contributed by atoms with Crippen molar-refractivity contribution in [3.05, 3.63) is 40.3 Å². The van der Waals surface area contributed by atoms with Crippen LogP contribution in [0.5, 0.6) is 0 Å². The molecule has 1 aromatic rings. The molecule has 3 nitrogen and oxygen atoms in total. The van der Waals surface area contributed by atoms with Crippen LogP contribution >= 0.6 is 24.0 Å². The van der Waals surface area contributed by atoms with Crippen LogP contribution in [0.2, 0.25) is 0 Å². The number of thioether (sulfide) groups is 1. The number of hydrogen-bond acceptors (Lipinski definition) is 4. The van der Waals surface area contributed by atoms with Gasteiger partial charge in [-0.05, 0) is 18.6 Å². The van der Waals surface area contributed by atoms with Crippen molar-refractivity contribution in [3.8, 4) is 0 Å². The Morgan fingerprint density at radius 1 is 1.50 bits per heavy atom. The summed E-state index contributed by atoms with van der Waals surface area (Å²) in [6, 6.07) is 8.01. The highest BCUT2D eigenvalue weighted by Crippen LogP contribution is 2.32. The predicted molar refractivity (Wildman–Crippen MR) is 80.1 cm³/mol. The van der Waals surface area contributed by atoms with Crippen LogP contribution < -0.4 is 5.73 Å². The molecular weight excluding hydrogens is 264 g/mol. The van der Waals surface area contributed by atoms with E-state index in [9.17, 15) is 4.79 Å². The molecular formula is C13H14N2OS2. The highest BCUT2D eigenvalue weighted by Gasteiger charge is 2.31. The maximum Gasteiger partial charge on any atom is 0.266 e. The van der Waals surface area contributed by atoms with Crippen molar-refractivity contribution in [2.24, 2.45) is 5.73 Å².